The molecule has 0 aliphatic rings. The molecule has 4 aromatic carbocycles. The maximum Gasteiger partial charge on any atom is 0.247 e. The second-order valence-corrected chi connectivity index (χ2v) is 16.2. The van der Waals surface area contributed by atoms with E-state index in [0.29, 0.717) is 11.1 Å². The van der Waals surface area contributed by atoms with Crippen LogP contribution in [0, 0.1) is 11.6 Å². The number of nitrogens with zero attached hydrogens (tertiary/aromatic N) is 3. The largest absolute Gasteiger partial charge is 0.505 e. The standard InChI is InChI=1S/C33H25Cl4F2N3O5S2/c34-23-15-30(37)33(43)31(16-23)49(46,47)42(17-21-9-11-24(38)12-10-21)20-26-6-4-5-25(40-26)19-41(48(44,45)27-7-2-1-3-8-27)18-22-13-28(35)32(39)29(36)14-22/h1-16,43H,17-20H2. The summed E-state index contributed by atoms with van der Waals surface area (Å²) in [5.74, 6) is -2.07. The lowest BCUT2D eigenvalue weighted by molar-refractivity contribution is 0.384. The Bertz CT molecular complexity index is 2190. The molecule has 0 aliphatic heterocycles. The molecule has 0 atom stereocenters. The molecule has 0 bridgehead atoms. The molecule has 0 aliphatic carbocycles. The minimum absolute atomic E-state index is 0.0120. The molecule has 0 spiro atoms. The van der Waals surface area contributed by atoms with Crippen molar-refractivity contribution in [2.45, 2.75) is 36.0 Å². The quantitative estimate of drug-likeness (QED) is 0.127. The minimum atomic E-state index is -4.51. The molecule has 1 aromatic heterocycles. The van der Waals surface area contributed by atoms with E-state index in [1.54, 1.807) is 30.3 Å². The first kappa shape index (κ1) is 36.9. The maximum absolute atomic E-state index is 14.2. The van der Waals surface area contributed by atoms with Gasteiger partial charge in [-0.2, -0.15) is 8.61 Å². The van der Waals surface area contributed by atoms with Crippen LogP contribution < -0.4 is 0 Å². The highest BCUT2D eigenvalue weighted by molar-refractivity contribution is 7.89. The van der Waals surface area contributed by atoms with E-state index in [1.165, 1.54) is 60.7 Å². The first-order valence-corrected chi connectivity index (χ1v) is 18.6. The number of hydrogen-bond donors (Lipinski definition) is 1. The number of halogens is 6. The van der Waals surface area contributed by atoms with Gasteiger partial charge in [0.25, 0.3) is 0 Å². The van der Waals surface area contributed by atoms with E-state index >= 15 is 0 Å². The first-order chi connectivity index (χ1) is 23.1. The lowest BCUT2D eigenvalue weighted by atomic mass is 10.2. The molecule has 49 heavy (non-hydrogen) atoms. The van der Waals surface area contributed by atoms with Gasteiger partial charge in [-0.15, -0.1) is 0 Å². The van der Waals surface area contributed by atoms with Gasteiger partial charge in [-0.3, -0.25) is 4.98 Å². The van der Waals surface area contributed by atoms with Crippen molar-refractivity contribution in [1.29, 1.82) is 0 Å². The summed E-state index contributed by atoms with van der Waals surface area (Å²) in [7, 11) is -8.67. The second kappa shape index (κ2) is 15.3. The van der Waals surface area contributed by atoms with Crippen LogP contribution in [0.2, 0.25) is 20.1 Å². The van der Waals surface area contributed by atoms with Crippen LogP contribution >= 0.6 is 46.4 Å². The molecule has 1 N–H and O–H groups in total. The summed E-state index contributed by atoms with van der Waals surface area (Å²) in [5, 5.41) is 9.71. The number of aromatic hydroxyl groups is 1. The van der Waals surface area contributed by atoms with E-state index in [-0.39, 0.29) is 62.6 Å². The summed E-state index contributed by atoms with van der Waals surface area (Å²) in [6.45, 7) is -1.17. The highest BCUT2D eigenvalue weighted by Gasteiger charge is 2.31. The zero-order valence-electron chi connectivity index (χ0n) is 25.1. The average molecular weight is 788 g/mol. The lowest BCUT2D eigenvalue weighted by Crippen LogP contribution is -2.32. The Kier molecular flexibility index (Phi) is 11.5. The Labute approximate surface area is 302 Å². The fraction of sp³-hybridized carbons (Fsp3) is 0.121. The van der Waals surface area contributed by atoms with Crippen LogP contribution in [-0.2, 0) is 46.2 Å². The number of rotatable bonds is 12. The Balaban J connectivity index is 1.52. The van der Waals surface area contributed by atoms with Crippen molar-refractivity contribution >= 4 is 66.5 Å². The van der Waals surface area contributed by atoms with Crippen LogP contribution in [0.4, 0.5) is 8.78 Å². The molecule has 16 heteroatoms. The first-order valence-electron chi connectivity index (χ1n) is 14.2. The van der Waals surface area contributed by atoms with E-state index in [0.717, 1.165) is 14.7 Å². The van der Waals surface area contributed by atoms with E-state index < -0.39 is 42.3 Å². The molecule has 0 saturated heterocycles. The van der Waals surface area contributed by atoms with Crippen LogP contribution in [0.3, 0.4) is 0 Å². The molecule has 0 amide bonds. The Morgan fingerprint density at radius 3 is 1.76 bits per heavy atom. The van der Waals surface area contributed by atoms with Crippen molar-refractivity contribution in [2.75, 3.05) is 0 Å². The number of benzene rings is 4. The summed E-state index contributed by atoms with van der Waals surface area (Å²) in [4.78, 5) is 4.00. The van der Waals surface area contributed by atoms with E-state index in [1.807, 2.05) is 0 Å². The van der Waals surface area contributed by atoms with Gasteiger partial charge in [0.1, 0.15) is 10.7 Å². The fourth-order valence-corrected chi connectivity index (χ4v) is 8.93. The van der Waals surface area contributed by atoms with Gasteiger partial charge in [0.2, 0.25) is 20.0 Å². The number of aromatic nitrogens is 1. The topological polar surface area (TPSA) is 108 Å². The highest BCUT2D eigenvalue weighted by atomic mass is 35.5. The Morgan fingerprint density at radius 2 is 1.16 bits per heavy atom. The van der Waals surface area contributed by atoms with E-state index in [9.17, 15) is 30.7 Å². The van der Waals surface area contributed by atoms with Crippen molar-refractivity contribution in [3.8, 4) is 5.75 Å². The predicted octanol–water partition coefficient (Wildman–Crippen LogP) is 8.46. The van der Waals surface area contributed by atoms with Gasteiger partial charge in [-0.25, -0.2) is 25.6 Å². The van der Waals surface area contributed by atoms with E-state index in [2.05, 4.69) is 4.98 Å². The van der Waals surface area contributed by atoms with Gasteiger partial charge < -0.3 is 5.11 Å². The molecular formula is C33H25Cl4F2N3O5S2. The Hall–Kier alpha value is -3.33. The predicted molar refractivity (Wildman–Crippen MR) is 184 cm³/mol. The van der Waals surface area contributed by atoms with Crippen molar-refractivity contribution in [3.63, 3.8) is 0 Å². The van der Waals surface area contributed by atoms with Crippen molar-refractivity contribution in [3.05, 3.63) is 151 Å². The molecule has 256 valence electrons. The van der Waals surface area contributed by atoms with Crippen LogP contribution in [0.15, 0.2) is 107 Å². The number of hydrogen-bond acceptors (Lipinski definition) is 6. The number of sulfonamides is 2. The highest BCUT2D eigenvalue weighted by Crippen LogP contribution is 2.37. The number of phenolic OH excluding ortho intramolecular Hbond substituents is 1. The van der Waals surface area contributed by atoms with Gasteiger partial charge in [0.05, 0.1) is 44.4 Å². The van der Waals surface area contributed by atoms with Gasteiger partial charge >= 0.3 is 0 Å². The average Bonchev–Trinajstić information content (AvgIpc) is 3.06. The van der Waals surface area contributed by atoms with Crippen molar-refractivity contribution < 1.29 is 30.7 Å². The monoisotopic (exact) mass is 785 g/mol. The van der Waals surface area contributed by atoms with Crippen LogP contribution in [0.5, 0.6) is 5.75 Å². The fourth-order valence-electron chi connectivity index (χ4n) is 4.83. The summed E-state index contributed by atoms with van der Waals surface area (Å²) in [5.41, 5.74) is 1.18. The molecule has 8 nitrogen and oxygen atoms in total. The van der Waals surface area contributed by atoms with Crippen LogP contribution in [-0.4, -0.2) is 35.5 Å². The Morgan fingerprint density at radius 1 is 0.612 bits per heavy atom. The minimum Gasteiger partial charge on any atom is -0.505 e. The SMILES string of the molecule is O=S(=O)(c1ccccc1)N(Cc1cc(Cl)c(F)c(Cl)c1)Cc1cccc(CN(Cc2ccc(F)cc2)S(=O)(=O)c2cc(Cl)cc(Cl)c2O)n1. The molecular weight excluding hydrogens is 762 g/mol. The molecule has 0 saturated carbocycles. The molecule has 0 radical (unpaired) electrons. The van der Waals surface area contributed by atoms with Crippen LogP contribution in [0.25, 0.3) is 0 Å². The third-order valence-electron chi connectivity index (χ3n) is 7.21. The number of pyridine rings is 1. The van der Waals surface area contributed by atoms with Gasteiger partial charge in [0, 0.05) is 18.1 Å². The van der Waals surface area contributed by atoms with Gasteiger partial charge in [-0.05, 0) is 71.8 Å². The number of phenols is 1. The van der Waals surface area contributed by atoms with E-state index in [4.69, 9.17) is 46.4 Å². The third kappa shape index (κ3) is 8.70. The molecule has 1 heterocycles. The third-order valence-corrected chi connectivity index (χ3v) is 11.9. The normalized spacial score (nSPS) is 12.2. The maximum atomic E-state index is 14.2. The molecule has 5 aromatic rings. The van der Waals surface area contributed by atoms with Crippen molar-refractivity contribution in [2.24, 2.45) is 0 Å². The molecule has 5 rings (SSSR count). The summed E-state index contributed by atoms with van der Waals surface area (Å²) in [6.07, 6.45) is 0. The smallest absolute Gasteiger partial charge is 0.247 e. The lowest BCUT2D eigenvalue weighted by Gasteiger charge is -2.24. The summed E-state index contributed by atoms with van der Waals surface area (Å²) in [6, 6.07) is 22.3. The van der Waals surface area contributed by atoms with Gasteiger partial charge in [-0.1, -0.05) is 82.8 Å². The summed E-state index contributed by atoms with van der Waals surface area (Å²) < 4.78 is 85.6. The van der Waals surface area contributed by atoms with Gasteiger partial charge in [0.15, 0.2) is 11.6 Å². The molecule has 0 unspecified atom stereocenters. The zero-order valence-corrected chi connectivity index (χ0v) is 29.7. The van der Waals surface area contributed by atoms with Crippen molar-refractivity contribution in [1.82, 2.24) is 13.6 Å². The zero-order chi connectivity index (χ0) is 35.5. The molecule has 0 fully saturated rings. The second-order valence-electron chi connectivity index (χ2n) is 10.7. The van der Waals surface area contributed by atoms with Crippen LogP contribution in [0.1, 0.15) is 22.5 Å². The summed E-state index contributed by atoms with van der Waals surface area (Å²) >= 11 is 24.1.